The summed E-state index contributed by atoms with van der Waals surface area (Å²) in [6.45, 7) is 6.17. The molecule has 0 spiro atoms. The third-order valence-corrected chi connectivity index (χ3v) is 12.6. The van der Waals surface area contributed by atoms with Crippen LogP contribution in [0.2, 0.25) is 0 Å². The summed E-state index contributed by atoms with van der Waals surface area (Å²) < 4.78 is 77.4. The van der Waals surface area contributed by atoms with E-state index in [2.05, 4.69) is 20.1 Å². The van der Waals surface area contributed by atoms with Crippen LogP contribution in [0, 0.1) is 28.9 Å². The molecule has 1 atom stereocenters. The lowest BCUT2D eigenvalue weighted by atomic mass is 9.88. The van der Waals surface area contributed by atoms with Gasteiger partial charge in [-0.1, -0.05) is 0 Å². The highest BCUT2D eigenvalue weighted by Gasteiger charge is 2.42. The van der Waals surface area contributed by atoms with Gasteiger partial charge in [-0.15, -0.1) is 0 Å². The summed E-state index contributed by atoms with van der Waals surface area (Å²) >= 11 is 0. The van der Waals surface area contributed by atoms with Crippen LogP contribution in [0.3, 0.4) is 0 Å². The van der Waals surface area contributed by atoms with Gasteiger partial charge in [0, 0.05) is 88.8 Å². The van der Waals surface area contributed by atoms with Crippen LogP contribution in [0.5, 0.6) is 5.88 Å². The van der Waals surface area contributed by atoms with Crippen LogP contribution in [0.15, 0.2) is 36.4 Å². The minimum absolute atomic E-state index is 0.0226. The number of pyridine rings is 1. The number of imide groups is 1. The Balaban J connectivity index is 0.820. The molecule has 8 rings (SSSR count). The highest BCUT2D eigenvalue weighted by molar-refractivity contribution is 6.06. The number of anilines is 3. The maximum atomic E-state index is 15.6. The van der Waals surface area contributed by atoms with Gasteiger partial charge in [0.05, 0.1) is 24.3 Å². The largest absolute Gasteiger partial charge is 0.480 e. The van der Waals surface area contributed by atoms with Crippen molar-refractivity contribution >= 4 is 34.9 Å². The number of alkyl halides is 3. The average molecular weight is 821 g/mol. The number of aromatic nitrogens is 1. The van der Waals surface area contributed by atoms with Crippen LogP contribution in [0.4, 0.5) is 39.1 Å². The minimum Gasteiger partial charge on any atom is -0.480 e. The number of ether oxygens (including phenoxy) is 1. The Morgan fingerprint density at radius 3 is 2.14 bits per heavy atom. The first-order valence-corrected chi connectivity index (χ1v) is 20.1. The van der Waals surface area contributed by atoms with E-state index in [1.165, 1.54) is 30.2 Å². The molecule has 0 radical (unpaired) electrons. The van der Waals surface area contributed by atoms with Gasteiger partial charge in [-0.25, -0.2) is 8.78 Å². The summed E-state index contributed by atoms with van der Waals surface area (Å²) in [6, 6.07) is 9.18. The number of piperazine rings is 1. The number of nitrogens with zero attached hydrogens (tertiary/aromatic N) is 7. The van der Waals surface area contributed by atoms with Gasteiger partial charge in [-0.2, -0.15) is 23.4 Å². The van der Waals surface area contributed by atoms with E-state index in [4.69, 9.17) is 10.00 Å². The summed E-state index contributed by atoms with van der Waals surface area (Å²) in [4.78, 5) is 52.1. The number of nitriles is 1. The Morgan fingerprint density at radius 2 is 1.51 bits per heavy atom. The molecule has 3 amide bonds. The van der Waals surface area contributed by atoms with Gasteiger partial charge in [0.1, 0.15) is 29.1 Å². The maximum Gasteiger partial charge on any atom is 0.417 e. The molecule has 0 saturated carbocycles. The van der Waals surface area contributed by atoms with Gasteiger partial charge in [0.15, 0.2) is 0 Å². The fourth-order valence-corrected chi connectivity index (χ4v) is 9.38. The second kappa shape index (κ2) is 16.3. The van der Waals surface area contributed by atoms with Gasteiger partial charge in [-0.3, -0.25) is 24.6 Å². The minimum atomic E-state index is -4.67. The number of carbonyl (C=O) groups excluding carboxylic acids is 3. The van der Waals surface area contributed by atoms with Crippen molar-refractivity contribution in [2.45, 2.75) is 63.2 Å². The number of methoxy groups -OCH3 is 1. The molecule has 5 aliphatic heterocycles. The standard InChI is InChI=1S/C42H45F5N8O4/c1-59-40-38-28(24-55(41(38)58)34-4-5-36(56)50-39(34)57)18-35(49-40)54-16-14-51(15-17-54)23-25-6-10-53(11-7-25)30-20-32(43)37(33(44)21-30)26-8-12-52(13-9-26)29-3-2-27(22-48)31(19-29)42(45,46)47/h2-3,18-21,25-26,34H,4-17,23-24H2,1H3,(H,50,56,57). The van der Waals surface area contributed by atoms with Crippen LogP contribution in [0.1, 0.15) is 77.1 Å². The number of halogens is 5. The Labute approximate surface area is 338 Å². The lowest BCUT2D eigenvalue weighted by Gasteiger charge is -2.40. The van der Waals surface area contributed by atoms with Gasteiger partial charge >= 0.3 is 6.18 Å². The average Bonchev–Trinajstić information content (AvgIpc) is 3.55. The molecule has 5 aliphatic rings. The quantitative estimate of drug-likeness (QED) is 0.232. The van der Waals surface area contributed by atoms with Gasteiger partial charge < -0.3 is 24.3 Å². The summed E-state index contributed by atoms with van der Waals surface area (Å²) in [5.41, 5.74) is 0.496. The van der Waals surface area contributed by atoms with E-state index in [0.717, 1.165) is 63.3 Å². The molecule has 1 unspecified atom stereocenters. The van der Waals surface area contributed by atoms with Crippen molar-refractivity contribution in [3.63, 3.8) is 0 Å². The molecule has 2 aromatic carbocycles. The molecule has 0 bridgehead atoms. The predicted molar refractivity (Wildman–Crippen MR) is 207 cm³/mol. The smallest absolute Gasteiger partial charge is 0.417 e. The molecule has 1 N–H and O–H groups in total. The van der Waals surface area contributed by atoms with Crippen LogP contribution in [-0.2, 0) is 22.3 Å². The van der Waals surface area contributed by atoms with E-state index in [1.54, 1.807) is 11.0 Å². The molecule has 12 nitrogen and oxygen atoms in total. The molecule has 4 fully saturated rings. The van der Waals surface area contributed by atoms with E-state index < -0.39 is 46.8 Å². The van der Waals surface area contributed by atoms with Crippen molar-refractivity contribution < 1.29 is 41.1 Å². The molecule has 3 aromatic rings. The van der Waals surface area contributed by atoms with Crippen LogP contribution in [0.25, 0.3) is 0 Å². The molecule has 312 valence electrons. The normalized spacial score (nSPS) is 21.2. The third-order valence-electron chi connectivity index (χ3n) is 12.6. The van der Waals surface area contributed by atoms with Crippen molar-refractivity contribution in [3.8, 4) is 11.9 Å². The number of nitrogens with one attached hydrogen (secondary N) is 1. The Hall–Kier alpha value is -5.50. The summed E-state index contributed by atoms with van der Waals surface area (Å²) in [7, 11) is 1.47. The van der Waals surface area contributed by atoms with E-state index >= 15 is 8.78 Å². The summed E-state index contributed by atoms with van der Waals surface area (Å²) in [5.74, 6) is -1.43. The third kappa shape index (κ3) is 8.11. The number of amides is 3. The van der Waals surface area contributed by atoms with Gasteiger partial charge in [0.25, 0.3) is 5.91 Å². The zero-order valence-corrected chi connectivity index (χ0v) is 32.7. The van der Waals surface area contributed by atoms with Crippen molar-refractivity contribution in [2.24, 2.45) is 5.92 Å². The Kier molecular flexibility index (Phi) is 11.1. The van der Waals surface area contributed by atoms with E-state index in [1.807, 2.05) is 11.0 Å². The molecule has 0 aliphatic carbocycles. The molecule has 59 heavy (non-hydrogen) atoms. The van der Waals surface area contributed by atoms with Gasteiger partial charge in [0.2, 0.25) is 17.7 Å². The van der Waals surface area contributed by atoms with Crippen LogP contribution in [-0.4, -0.2) is 105 Å². The molecule has 17 heteroatoms. The van der Waals surface area contributed by atoms with Crippen molar-refractivity contribution in [1.82, 2.24) is 20.1 Å². The number of hydrogen-bond acceptors (Lipinski definition) is 10. The summed E-state index contributed by atoms with van der Waals surface area (Å²) in [5, 5.41) is 11.4. The zero-order chi connectivity index (χ0) is 41.6. The number of carbonyl (C=O) groups is 3. The molecule has 4 saturated heterocycles. The number of benzene rings is 2. The zero-order valence-electron chi connectivity index (χ0n) is 32.7. The lowest BCUT2D eigenvalue weighted by molar-refractivity contribution is -0.138. The Morgan fingerprint density at radius 1 is 0.847 bits per heavy atom. The fourth-order valence-electron chi connectivity index (χ4n) is 9.38. The number of hydrogen-bond donors (Lipinski definition) is 1. The first kappa shape index (κ1) is 40.3. The van der Waals surface area contributed by atoms with E-state index in [-0.39, 0.29) is 42.6 Å². The molecular formula is C42H45F5N8O4. The molecule has 1 aromatic heterocycles. The topological polar surface area (TPSA) is 125 Å². The predicted octanol–water partition coefficient (Wildman–Crippen LogP) is 5.44. The Bertz CT molecular complexity index is 2150. The first-order chi connectivity index (χ1) is 28.3. The molecular weight excluding hydrogens is 776 g/mol. The second-order valence-electron chi connectivity index (χ2n) is 16.1. The number of piperidine rings is 3. The summed E-state index contributed by atoms with van der Waals surface area (Å²) in [6.07, 6.45) is -1.74. The van der Waals surface area contributed by atoms with Crippen LogP contribution < -0.4 is 24.8 Å². The van der Waals surface area contributed by atoms with Crippen molar-refractivity contribution in [2.75, 3.05) is 80.7 Å². The lowest BCUT2D eigenvalue weighted by Crippen LogP contribution is -2.52. The highest BCUT2D eigenvalue weighted by atomic mass is 19.4. The first-order valence-electron chi connectivity index (χ1n) is 20.1. The van der Waals surface area contributed by atoms with E-state index in [9.17, 15) is 27.6 Å². The second-order valence-corrected chi connectivity index (χ2v) is 16.1. The van der Waals surface area contributed by atoms with Crippen molar-refractivity contribution in [1.29, 1.82) is 5.26 Å². The monoisotopic (exact) mass is 820 g/mol. The number of fused-ring (bicyclic) bond motifs is 1. The van der Waals surface area contributed by atoms with E-state index in [0.29, 0.717) is 67.7 Å². The maximum absolute atomic E-state index is 15.6. The molecule has 6 heterocycles. The van der Waals surface area contributed by atoms with Crippen LogP contribution >= 0.6 is 0 Å². The van der Waals surface area contributed by atoms with Gasteiger partial charge in [-0.05, 0) is 85.9 Å². The SMILES string of the molecule is COc1nc(N2CCN(CC3CCN(c4cc(F)c(C5CCN(c6ccc(C#N)c(C(F)(F)F)c6)CC5)c(F)c4)CC3)CC2)cc2c1C(=O)N(C1CCC(=O)NC1=O)C2. The number of rotatable bonds is 8. The fraction of sp³-hybridized carbons (Fsp3) is 0.500. The van der Waals surface area contributed by atoms with Crippen molar-refractivity contribution in [3.05, 3.63) is 75.8 Å². The highest BCUT2D eigenvalue weighted by Crippen LogP contribution is 2.39.